The molecule has 0 heterocycles. The molecule has 0 aliphatic rings. The van der Waals surface area contributed by atoms with Crippen LogP contribution in [0.25, 0.3) is 0 Å². The Labute approximate surface area is 135 Å². The number of methoxy groups -OCH3 is 1. The molecule has 0 saturated heterocycles. The summed E-state index contributed by atoms with van der Waals surface area (Å²) in [5.74, 6) is -0.902. The maximum atomic E-state index is 12.1. The summed E-state index contributed by atoms with van der Waals surface area (Å²) in [5.41, 5.74) is 1.42. The van der Waals surface area contributed by atoms with E-state index in [-0.39, 0.29) is 12.5 Å². The van der Waals surface area contributed by atoms with Crippen molar-refractivity contribution in [3.63, 3.8) is 0 Å². The highest BCUT2D eigenvalue weighted by molar-refractivity contribution is 5.94. The van der Waals surface area contributed by atoms with Crippen LogP contribution in [0.1, 0.15) is 11.7 Å². The molecule has 0 N–H and O–H groups in total. The summed E-state index contributed by atoms with van der Waals surface area (Å²) in [6, 6.07) is 18.2. The minimum Gasteiger partial charge on any atom is -0.453 e. The van der Waals surface area contributed by atoms with E-state index in [1.54, 1.807) is 19.2 Å². The van der Waals surface area contributed by atoms with Gasteiger partial charge in [0.2, 0.25) is 0 Å². The van der Waals surface area contributed by atoms with Gasteiger partial charge in [0.05, 0.1) is 0 Å². The second-order valence-electron chi connectivity index (χ2n) is 4.92. The van der Waals surface area contributed by atoms with E-state index < -0.39 is 12.1 Å². The Balaban J connectivity index is 1.94. The van der Waals surface area contributed by atoms with E-state index in [2.05, 4.69) is 0 Å². The van der Waals surface area contributed by atoms with Crippen LogP contribution in [0.2, 0.25) is 0 Å². The maximum Gasteiger partial charge on any atom is 0.340 e. The number of carbonyl (C=O) groups is 2. The molecule has 0 fully saturated rings. The summed E-state index contributed by atoms with van der Waals surface area (Å²) < 4.78 is 10.3. The van der Waals surface area contributed by atoms with Crippen molar-refractivity contribution in [1.29, 1.82) is 0 Å². The second kappa shape index (κ2) is 8.10. The van der Waals surface area contributed by atoms with Crippen molar-refractivity contribution in [3.8, 4) is 0 Å². The van der Waals surface area contributed by atoms with Crippen molar-refractivity contribution in [2.45, 2.75) is 6.10 Å². The van der Waals surface area contributed by atoms with Crippen LogP contribution in [0, 0.1) is 0 Å². The fraction of sp³-hybridized carbons (Fsp3) is 0.222. The molecular formula is C18H19NO4. The van der Waals surface area contributed by atoms with Gasteiger partial charge in [0, 0.05) is 19.8 Å². The van der Waals surface area contributed by atoms with E-state index >= 15 is 0 Å². The topological polar surface area (TPSA) is 55.8 Å². The first-order chi connectivity index (χ1) is 11.1. The first-order valence-corrected chi connectivity index (χ1v) is 7.19. The first-order valence-electron chi connectivity index (χ1n) is 7.19. The molecule has 0 unspecified atom stereocenters. The molecule has 0 aromatic heterocycles. The van der Waals surface area contributed by atoms with Gasteiger partial charge < -0.3 is 14.4 Å². The van der Waals surface area contributed by atoms with Crippen LogP contribution in [0.4, 0.5) is 5.69 Å². The molecule has 23 heavy (non-hydrogen) atoms. The van der Waals surface area contributed by atoms with Crippen molar-refractivity contribution in [2.24, 2.45) is 0 Å². The Morgan fingerprint density at radius 2 is 1.57 bits per heavy atom. The molecule has 0 spiro atoms. The standard InChI is InChI=1S/C18H19NO4/c1-19(15-11-7-4-8-12-15)16(20)13-23-18(21)17(22-2)14-9-5-3-6-10-14/h3-12,17H,13H2,1-2H3/t17-/m1/s1. The zero-order valence-corrected chi connectivity index (χ0v) is 13.1. The zero-order chi connectivity index (χ0) is 16.7. The quantitative estimate of drug-likeness (QED) is 0.769. The van der Waals surface area contributed by atoms with Gasteiger partial charge >= 0.3 is 5.97 Å². The van der Waals surface area contributed by atoms with Gasteiger partial charge in [0.25, 0.3) is 5.91 Å². The van der Waals surface area contributed by atoms with Crippen LogP contribution in [-0.4, -0.2) is 32.6 Å². The number of nitrogens with zero attached hydrogens (tertiary/aromatic N) is 1. The number of hydrogen-bond donors (Lipinski definition) is 0. The molecule has 5 nitrogen and oxygen atoms in total. The molecule has 2 aromatic carbocycles. The van der Waals surface area contributed by atoms with Crippen LogP contribution >= 0.6 is 0 Å². The Morgan fingerprint density at radius 1 is 1.00 bits per heavy atom. The van der Waals surface area contributed by atoms with Crippen molar-refractivity contribution < 1.29 is 19.1 Å². The third-order valence-corrected chi connectivity index (χ3v) is 3.41. The van der Waals surface area contributed by atoms with E-state index in [0.717, 1.165) is 5.69 Å². The fourth-order valence-electron chi connectivity index (χ4n) is 2.10. The number of rotatable bonds is 6. The molecule has 0 radical (unpaired) electrons. The normalized spacial score (nSPS) is 11.6. The fourth-order valence-corrected chi connectivity index (χ4v) is 2.10. The van der Waals surface area contributed by atoms with Crippen molar-refractivity contribution in [1.82, 2.24) is 0 Å². The monoisotopic (exact) mass is 313 g/mol. The molecule has 1 amide bonds. The average Bonchev–Trinajstić information content (AvgIpc) is 2.61. The van der Waals surface area contributed by atoms with E-state index in [1.165, 1.54) is 12.0 Å². The first kappa shape index (κ1) is 16.7. The minimum absolute atomic E-state index is 0.313. The summed E-state index contributed by atoms with van der Waals surface area (Å²) in [7, 11) is 3.06. The Bertz CT molecular complexity index is 643. The lowest BCUT2D eigenvalue weighted by molar-refractivity contribution is -0.158. The SMILES string of the molecule is CO[C@@H](C(=O)OCC(=O)N(C)c1ccccc1)c1ccccc1. The van der Waals surface area contributed by atoms with E-state index in [0.29, 0.717) is 5.56 Å². The van der Waals surface area contributed by atoms with Crippen LogP contribution in [0.15, 0.2) is 60.7 Å². The number of ether oxygens (including phenoxy) is 2. The van der Waals surface area contributed by atoms with E-state index in [4.69, 9.17) is 9.47 Å². The lowest BCUT2D eigenvalue weighted by Crippen LogP contribution is -2.32. The number of carbonyl (C=O) groups excluding carboxylic acids is 2. The van der Waals surface area contributed by atoms with E-state index in [1.807, 2.05) is 48.5 Å². The molecule has 0 saturated carbocycles. The van der Waals surface area contributed by atoms with Gasteiger partial charge in [0.15, 0.2) is 12.7 Å². The van der Waals surface area contributed by atoms with Gasteiger partial charge in [-0.3, -0.25) is 4.79 Å². The lowest BCUT2D eigenvalue weighted by atomic mass is 10.1. The highest BCUT2D eigenvalue weighted by atomic mass is 16.6. The van der Waals surface area contributed by atoms with E-state index in [9.17, 15) is 9.59 Å². The average molecular weight is 313 g/mol. The number of esters is 1. The van der Waals surface area contributed by atoms with Crippen molar-refractivity contribution >= 4 is 17.6 Å². The maximum absolute atomic E-state index is 12.1. The lowest BCUT2D eigenvalue weighted by Gasteiger charge is -2.19. The van der Waals surface area contributed by atoms with Gasteiger partial charge in [-0.05, 0) is 17.7 Å². The van der Waals surface area contributed by atoms with Crippen LogP contribution in [-0.2, 0) is 19.1 Å². The summed E-state index contributed by atoms with van der Waals surface area (Å²) >= 11 is 0. The van der Waals surface area contributed by atoms with Crippen LogP contribution in [0.3, 0.4) is 0 Å². The second-order valence-corrected chi connectivity index (χ2v) is 4.92. The molecule has 0 bridgehead atoms. The van der Waals surface area contributed by atoms with Gasteiger partial charge in [-0.1, -0.05) is 48.5 Å². The van der Waals surface area contributed by atoms with Crippen LogP contribution < -0.4 is 4.90 Å². The molecule has 2 aromatic rings. The number of likely N-dealkylation sites (N-methyl/N-ethyl adjacent to an activating group) is 1. The summed E-state index contributed by atoms with van der Waals surface area (Å²) in [6.07, 6.45) is -0.842. The number of benzene rings is 2. The highest BCUT2D eigenvalue weighted by Gasteiger charge is 2.23. The summed E-state index contributed by atoms with van der Waals surface area (Å²) in [5, 5.41) is 0. The van der Waals surface area contributed by atoms with Gasteiger partial charge in [-0.2, -0.15) is 0 Å². The molecular weight excluding hydrogens is 294 g/mol. The number of hydrogen-bond acceptors (Lipinski definition) is 4. The van der Waals surface area contributed by atoms with Crippen LogP contribution in [0.5, 0.6) is 0 Å². The van der Waals surface area contributed by atoms with Gasteiger partial charge in [-0.15, -0.1) is 0 Å². The van der Waals surface area contributed by atoms with Gasteiger partial charge in [0.1, 0.15) is 0 Å². The third kappa shape index (κ3) is 4.40. The van der Waals surface area contributed by atoms with Gasteiger partial charge in [-0.25, -0.2) is 4.79 Å². The Morgan fingerprint density at radius 3 is 2.13 bits per heavy atom. The molecule has 120 valence electrons. The molecule has 2 rings (SSSR count). The zero-order valence-electron chi connectivity index (χ0n) is 13.1. The van der Waals surface area contributed by atoms with Crippen molar-refractivity contribution in [2.75, 3.05) is 25.7 Å². The third-order valence-electron chi connectivity index (χ3n) is 3.41. The number of para-hydroxylation sites is 1. The summed E-state index contributed by atoms with van der Waals surface area (Å²) in [6.45, 7) is -0.336. The molecule has 0 aliphatic carbocycles. The predicted octanol–water partition coefficient (Wildman–Crippen LogP) is 2.58. The largest absolute Gasteiger partial charge is 0.453 e. The number of amides is 1. The highest BCUT2D eigenvalue weighted by Crippen LogP contribution is 2.18. The molecule has 5 heteroatoms. The number of anilines is 1. The predicted molar refractivity (Wildman–Crippen MR) is 87.0 cm³/mol. The molecule has 0 aliphatic heterocycles. The van der Waals surface area contributed by atoms with Crippen molar-refractivity contribution in [3.05, 3.63) is 66.2 Å². The Hall–Kier alpha value is -2.66. The smallest absolute Gasteiger partial charge is 0.340 e. The molecule has 1 atom stereocenters. The Kier molecular flexibility index (Phi) is 5.88. The summed E-state index contributed by atoms with van der Waals surface area (Å²) in [4.78, 5) is 25.7. The minimum atomic E-state index is -0.842.